The molecule has 0 spiro atoms. The number of methoxy groups -OCH3 is 1. The Hall–Kier alpha value is -6.07. The molecule has 372 valence electrons. The predicted molar refractivity (Wildman–Crippen MR) is 245 cm³/mol. The fourth-order valence-electron chi connectivity index (χ4n) is 11.1. The molecule has 0 radical (unpaired) electrons. The van der Waals surface area contributed by atoms with Crippen molar-refractivity contribution in [1.82, 2.24) is 28.9 Å². The van der Waals surface area contributed by atoms with Crippen LogP contribution in [0.15, 0.2) is 78.2 Å². The van der Waals surface area contributed by atoms with E-state index >= 15 is 4.39 Å². The van der Waals surface area contributed by atoms with Crippen LogP contribution in [0.4, 0.5) is 38.0 Å². The van der Waals surface area contributed by atoms with E-state index in [-0.39, 0.29) is 109 Å². The van der Waals surface area contributed by atoms with Gasteiger partial charge in [0.15, 0.2) is 40.7 Å². The van der Waals surface area contributed by atoms with Crippen LogP contribution in [0, 0.1) is 77.3 Å². The van der Waals surface area contributed by atoms with Crippen LogP contribution in [0.3, 0.4) is 0 Å². The van der Waals surface area contributed by atoms with E-state index in [0.29, 0.717) is 11.6 Å². The number of rotatable bonds is 10. The van der Waals surface area contributed by atoms with Crippen LogP contribution in [-0.2, 0) is 24.3 Å². The third-order valence-corrected chi connectivity index (χ3v) is 15.9. The number of anilines is 2. The number of aromatic amines is 1. The molecule has 4 aromatic heterocycles. The van der Waals surface area contributed by atoms with Gasteiger partial charge in [-0.05, 0) is 93.4 Å². The van der Waals surface area contributed by atoms with Crippen molar-refractivity contribution in [2.45, 2.75) is 62.4 Å². The van der Waals surface area contributed by atoms with Gasteiger partial charge in [-0.3, -0.25) is 9.59 Å². The Morgan fingerprint density at radius 2 is 1.25 bits per heavy atom. The molecule has 11 rings (SSSR count). The Morgan fingerprint density at radius 3 is 1.82 bits per heavy atom. The number of esters is 1. The number of benzene rings is 3. The number of aryl methyl sites for hydroxylation is 1. The van der Waals surface area contributed by atoms with Gasteiger partial charge in [-0.2, -0.15) is 7.11 Å². The van der Waals surface area contributed by atoms with Crippen molar-refractivity contribution in [2.75, 3.05) is 24.9 Å². The van der Waals surface area contributed by atoms with Crippen molar-refractivity contribution in [3.05, 3.63) is 114 Å². The monoisotopic (exact) mass is 1030 g/mol. The Kier molecular flexibility index (Phi) is 15.1. The Balaban J connectivity index is 0.000000192. The summed E-state index contributed by atoms with van der Waals surface area (Å²) in [6, 6.07) is 8.65. The molecule has 8 atom stereocenters. The number of halogens is 6. The second kappa shape index (κ2) is 20.8. The van der Waals surface area contributed by atoms with Gasteiger partial charge in [0.1, 0.15) is 23.0 Å². The first-order chi connectivity index (χ1) is 34.0. The molecule has 4 aliphatic rings. The van der Waals surface area contributed by atoms with Gasteiger partial charge >= 0.3 is 41.5 Å². The van der Waals surface area contributed by atoms with E-state index in [4.69, 9.17) is 9.84 Å². The smallest absolute Gasteiger partial charge is 0.857 e. The fourth-order valence-corrected chi connectivity index (χ4v) is 12.5. The molecule has 15 nitrogen and oxygen atoms in total. The van der Waals surface area contributed by atoms with Gasteiger partial charge in [0, 0.05) is 58.5 Å². The molecule has 72 heavy (non-hydrogen) atoms. The molecular formula is C49H45F6N8NaO7S. The normalized spacial score (nSPS) is 22.7. The number of carbonyl (C=O) groups excluding carboxylic acids is 1. The van der Waals surface area contributed by atoms with Crippen molar-refractivity contribution < 1.29 is 88.9 Å². The zero-order valence-electron chi connectivity index (χ0n) is 39.1. The van der Waals surface area contributed by atoms with E-state index in [9.17, 15) is 45.1 Å². The molecule has 4 saturated carbocycles. The van der Waals surface area contributed by atoms with E-state index in [1.807, 2.05) is 0 Å². The van der Waals surface area contributed by atoms with E-state index in [1.54, 1.807) is 19.1 Å². The summed E-state index contributed by atoms with van der Waals surface area (Å²) in [7, 11) is -2.25. The van der Waals surface area contributed by atoms with Crippen LogP contribution in [-0.4, -0.2) is 80.7 Å². The number of carboxylic acid groups (broad SMARTS) is 1. The number of aliphatic carboxylic acids is 1. The molecule has 4 heterocycles. The summed E-state index contributed by atoms with van der Waals surface area (Å²) in [5.74, 6) is -7.26. The van der Waals surface area contributed by atoms with E-state index in [1.165, 1.54) is 25.4 Å². The zero-order chi connectivity index (χ0) is 50.6. The van der Waals surface area contributed by atoms with Crippen molar-refractivity contribution in [3.8, 4) is 22.8 Å². The molecule has 0 amide bonds. The largest absolute Gasteiger partial charge is 1.00 e. The molecule has 0 aliphatic heterocycles. The SMILES string of the molecule is COC(=O)[C@H]1[C@@H]2CC[C@@H](C2)[C@@H]1Nc1nc(-c2cn(S(=O)(=O)c3ccc(C)cc3)c3c(F)cc(F)cc23)ncc1F.C[O-].O=C(O)[C@H]1[C@@H]2CC[C@@H](C2)[C@@H]1Nc1nc(-c2c[nH]c3c(F)cc(F)cc23)ncc1F.[Na+]. The van der Waals surface area contributed by atoms with Crippen molar-refractivity contribution in [2.24, 2.45) is 35.5 Å². The van der Waals surface area contributed by atoms with Crippen molar-refractivity contribution >= 4 is 55.4 Å². The van der Waals surface area contributed by atoms with Crippen LogP contribution in [0.25, 0.3) is 44.6 Å². The summed E-state index contributed by atoms with van der Waals surface area (Å²) >= 11 is 0. The number of carboxylic acids is 1. The fraction of sp³-hybridized carbons (Fsp3) is 0.347. The second-order valence-corrected chi connectivity index (χ2v) is 20.0. The third kappa shape index (κ3) is 9.54. The van der Waals surface area contributed by atoms with Gasteiger partial charge in [0.25, 0.3) is 10.0 Å². The van der Waals surface area contributed by atoms with E-state index < -0.39 is 80.3 Å². The number of H-pyrrole nitrogens is 1. The van der Waals surface area contributed by atoms with Crippen LogP contribution in [0.5, 0.6) is 0 Å². The Labute approximate surface area is 430 Å². The molecule has 4 fully saturated rings. The maximum Gasteiger partial charge on any atom is 1.00 e. The van der Waals surface area contributed by atoms with Crippen LogP contribution < -0.4 is 45.3 Å². The first-order valence-corrected chi connectivity index (χ1v) is 24.0. The minimum atomic E-state index is -4.31. The van der Waals surface area contributed by atoms with Crippen molar-refractivity contribution in [1.29, 1.82) is 0 Å². The molecule has 0 saturated heterocycles. The van der Waals surface area contributed by atoms with Crippen LogP contribution in [0.1, 0.15) is 44.1 Å². The predicted octanol–water partition coefficient (Wildman–Crippen LogP) is 4.99. The van der Waals surface area contributed by atoms with Gasteiger partial charge in [-0.15, -0.1) is 0 Å². The summed E-state index contributed by atoms with van der Waals surface area (Å²) in [6.45, 7) is 1.80. The first kappa shape index (κ1) is 52.3. The first-order valence-electron chi connectivity index (χ1n) is 22.6. The number of hydrogen-bond donors (Lipinski definition) is 4. The molecule has 4 N–H and O–H groups in total. The Bertz CT molecular complexity index is 3330. The number of nitrogens with one attached hydrogen (secondary N) is 3. The number of hydrogen-bond acceptors (Lipinski definition) is 12. The average molecular weight is 1030 g/mol. The number of ether oxygens (including phenoxy) is 1. The second-order valence-electron chi connectivity index (χ2n) is 18.2. The van der Waals surface area contributed by atoms with Gasteiger partial charge in [0.2, 0.25) is 0 Å². The molecular weight excluding hydrogens is 982 g/mol. The third-order valence-electron chi connectivity index (χ3n) is 14.2. The maximum absolute atomic E-state index is 15.1. The van der Waals surface area contributed by atoms with Gasteiger partial charge < -0.3 is 30.6 Å². The molecule has 7 aromatic rings. The number of fused-ring (bicyclic) bond motifs is 6. The molecule has 23 heteroatoms. The van der Waals surface area contributed by atoms with Gasteiger partial charge in [0.05, 0.1) is 41.8 Å². The summed E-state index contributed by atoms with van der Waals surface area (Å²) in [6.07, 6.45) is 9.53. The summed E-state index contributed by atoms with van der Waals surface area (Å²) in [5, 5.41) is 24.0. The molecule has 4 bridgehead atoms. The topological polar surface area (TPSA) is 217 Å². The zero-order valence-corrected chi connectivity index (χ0v) is 41.9. The standard InChI is InChI=1S/C28H25F3N4O4S.C20H17F3N4O2.CH3O.Na/c1-14-3-7-18(8-4-14)40(37,38)35-13-20(19-10-17(29)11-21(30)25(19)35)26-32-12-22(31)27(34-26)33-24-16-6-5-15(9-16)23(24)28(36)39-2;21-10-4-11-12(6-24-17(11)13(22)5-10)18-25-7-14(23)19(27-18)26-16-9-2-1-8(3-9)15(16)20(28)29;1-2;/h3-4,7-8,10-13,15-16,23-24H,5-6,9H2,1-2H3,(H,32,33,34);4-9,15-16,24H,1-3H2,(H,28,29)(H,25,26,27);1H3;/q;;-1;+1/t15-,16+,23+,24+;8-,9+,15+,16+;;/m11../s1. The average Bonchev–Trinajstić information content (AvgIpc) is 4.22. The maximum atomic E-state index is 15.1. The van der Waals surface area contributed by atoms with Gasteiger partial charge in [-0.1, -0.05) is 17.7 Å². The number of aromatic nitrogens is 6. The van der Waals surface area contributed by atoms with E-state index in [2.05, 4.69) is 35.6 Å². The summed E-state index contributed by atoms with van der Waals surface area (Å²) in [5.41, 5.74) is 0.852. The quantitative estimate of drug-likeness (QED) is 0.0808. The van der Waals surface area contributed by atoms with E-state index in [0.717, 1.165) is 92.0 Å². The minimum Gasteiger partial charge on any atom is -0.857 e. The van der Waals surface area contributed by atoms with Crippen LogP contribution >= 0.6 is 0 Å². The van der Waals surface area contributed by atoms with Crippen LogP contribution in [0.2, 0.25) is 0 Å². The van der Waals surface area contributed by atoms with Crippen molar-refractivity contribution in [3.63, 3.8) is 0 Å². The molecule has 3 aromatic carbocycles. The Morgan fingerprint density at radius 1 is 0.736 bits per heavy atom. The minimum absolute atomic E-state index is 0. The summed E-state index contributed by atoms with van der Waals surface area (Å²) in [4.78, 5) is 43.3. The summed E-state index contributed by atoms with van der Waals surface area (Å²) < 4.78 is 119. The number of nitrogens with zero attached hydrogens (tertiary/aromatic N) is 5. The number of carbonyl (C=O) groups is 2. The molecule has 0 unspecified atom stereocenters. The molecule has 4 aliphatic carbocycles. The van der Waals surface area contributed by atoms with Gasteiger partial charge in [-0.25, -0.2) is 58.7 Å².